The molecule has 0 radical (unpaired) electrons. The monoisotopic (exact) mass is 240 g/mol. The highest BCUT2D eigenvalue weighted by molar-refractivity contribution is 5.88. The van der Waals surface area contributed by atoms with Crippen molar-refractivity contribution in [2.45, 2.75) is 38.1 Å². The largest absolute Gasteiger partial charge is 0.352 e. The summed E-state index contributed by atoms with van der Waals surface area (Å²) in [5, 5.41) is 12.1. The zero-order valence-electron chi connectivity index (χ0n) is 10.3. The molecule has 1 saturated carbocycles. The van der Waals surface area contributed by atoms with Crippen LogP contribution in [0.2, 0.25) is 0 Å². The second kappa shape index (κ2) is 4.13. The summed E-state index contributed by atoms with van der Waals surface area (Å²) in [7, 11) is 0. The minimum absolute atomic E-state index is 0.0608. The van der Waals surface area contributed by atoms with Crippen LogP contribution in [0.4, 0.5) is 0 Å². The standard InChI is InChI=1S/C15H16N2O/c16-10-15(7-8-15)14(18)17-13-6-5-11-3-1-2-4-12(11)9-13/h1-4,13H,5-9H2,(H,17,18). The fourth-order valence-electron chi connectivity index (χ4n) is 2.66. The van der Waals surface area contributed by atoms with E-state index in [0.717, 1.165) is 32.1 Å². The van der Waals surface area contributed by atoms with E-state index in [9.17, 15) is 4.79 Å². The first-order valence-electron chi connectivity index (χ1n) is 6.52. The topological polar surface area (TPSA) is 52.9 Å². The van der Waals surface area contributed by atoms with Gasteiger partial charge in [0.15, 0.2) is 0 Å². The Balaban J connectivity index is 1.67. The number of hydrogen-bond donors (Lipinski definition) is 1. The van der Waals surface area contributed by atoms with Crippen molar-refractivity contribution in [1.82, 2.24) is 5.32 Å². The molecule has 0 aromatic heterocycles. The molecule has 1 amide bonds. The van der Waals surface area contributed by atoms with Gasteiger partial charge < -0.3 is 5.32 Å². The first-order chi connectivity index (χ1) is 8.73. The van der Waals surface area contributed by atoms with Gasteiger partial charge in [0.05, 0.1) is 6.07 Å². The van der Waals surface area contributed by atoms with Crippen LogP contribution in [0.1, 0.15) is 30.4 Å². The molecule has 2 aliphatic rings. The van der Waals surface area contributed by atoms with Gasteiger partial charge in [-0.25, -0.2) is 0 Å². The summed E-state index contributed by atoms with van der Waals surface area (Å²) in [6, 6.07) is 10.7. The van der Waals surface area contributed by atoms with Crippen LogP contribution in [-0.2, 0) is 17.6 Å². The maximum Gasteiger partial charge on any atom is 0.240 e. The Morgan fingerprint density at radius 1 is 1.33 bits per heavy atom. The molecule has 2 aliphatic carbocycles. The van der Waals surface area contributed by atoms with Crippen LogP contribution in [0, 0.1) is 16.7 Å². The van der Waals surface area contributed by atoms with Gasteiger partial charge in [0.2, 0.25) is 5.91 Å². The van der Waals surface area contributed by atoms with E-state index >= 15 is 0 Å². The molecule has 1 N–H and O–H groups in total. The first kappa shape index (κ1) is 11.3. The Labute approximate surface area is 107 Å². The van der Waals surface area contributed by atoms with Gasteiger partial charge in [0.25, 0.3) is 0 Å². The lowest BCUT2D eigenvalue weighted by atomic mass is 9.88. The lowest BCUT2D eigenvalue weighted by Crippen LogP contribution is -2.42. The maximum absolute atomic E-state index is 12.0. The van der Waals surface area contributed by atoms with Crippen molar-refractivity contribution in [3.63, 3.8) is 0 Å². The van der Waals surface area contributed by atoms with E-state index in [1.807, 2.05) is 6.07 Å². The van der Waals surface area contributed by atoms with E-state index in [1.165, 1.54) is 11.1 Å². The molecule has 3 rings (SSSR count). The number of nitrogens with one attached hydrogen (secondary N) is 1. The molecule has 3 nitrogen and oxygen atoms in total. The van der Waals surface area contributed by atoms with E-state index in [0.29, 0.717) is 0 Å². The van der Waals surface area contributed by atoms with Crippen LogP contribution < -0.4 is 5.32 Å². The molecular weight excluding hydrogens is 224 g/mol. The molecule has 0 aliphatic heterocycles. The molecular formula is C15H16N2O. The highest BCUT2D eigenvalue weighted by atomic mass is 16.2. The number of carbonyl (C=O) groups excluding carboxylic acids is 1. The van der Waals surface area contributed by atoms with Gasteiger partial charge in [-0.15, -0.1) is 0 Å². The van der Waals surface area contributed by atoms with Crippen LogP contribution in [0.15, 0.2) is 24.3 Å². The quantitative estimate of drug-likeness (QED) is 0.859. The summed E-state index contributed by atoms with van der Waals surface area (Å²) in [4.78, 5) is 12.0. The number of nitrogens with zero attached hydrogens (tertiary/aromatic N) is 1. The van der Waals surface area contributed by atoms with Gasteiger partial charge in [-0.1, -0.05) is 24.3 Å². The van der Waals surface area contributed by atoms with E-state index in [1.54, 1.807) is 0 Å². The van der Waals surface area contributed by atoms with Crippen LogP contribution in [0.5, 0.6) is 0 Å². The predicted octanol–water partition coefficient (Wildman–Crippen LogP) is 1.96. The Morgan fingerprint density at radius 2 is 2.06 bits per heavy atom. The van der Waals surface area contributed by atoms with Crippen molar-refractivity contribution in [1.29, 1.82) is 5.26 Å². The minimum atomic E-state index is -0.697. The number of carbonyl (C=O) groups is 1. The average molecular weight is 240 g/mol. The summed E-state index contributed by atoms with van der Waals surface area (Å²) >= 11 is 0. The fourth-order valence-corrected chi connectivity index (χ4v) is 2.66. The van der Waals surface area contributed by atoms with Crippen molar-refractivity contribution in [3.05, 3.63) is 35.4 Å². The number of nitriles is 1. The van der Waals surface area contributed by atoms with Gasteiger partial charge in [-0.3, -0.25) is 4.79 Å². The number of rotatable bonds is 2. The highest BCUT2D eigenvalue weighted by Crippen LogP contribution is 2.45. The molecule has 1 aromatic rings. The van der Waals surface area contributed by atoms with E-state index in [-0.39, 0.29) is 11.9 Å². The SMILES string of the molecule is N#CC1(C(=O)NC2CCc3ccccc3C2)CC1. The number of benzene rings is 1. The van der Waals surface area contributed by atoms with Crippen molar-refractivity contribution in [2.75, 3.05) is 0 Å². The van der Waals surface area contributed by atoms with Gasteiger partial charge in [0.1, 0.15) is 5.41 Å². The molecule has 1 atom stereocenters. The predicted molar refractivity (Wildman–Crippen MR) is 67.7 cm³/mol. The zero-order chi connectivity index (χ0) is 12.6. The minimum Gasteiger partial charge on any atom is -0.352 e. The summed E-state index contributed by atoms with van der Waals surface area (Å²) in [6.45, 7) is 0. The molecule has 3 heteroatoms. The van der Waals surface area contributed by atoms with E-state index in [4.69, 9.17) is 5.26 Å². The van der Waals surface area contributed by atoms with Crippen LogP contribution >= 0.6 is 0 Å². The lowest BCUT2D eigenvalue weighted by Gasteiger charge is -2.26. The first-order valence-corrected chi connectivity index (χ1v) is 6.52. The molecule has 92 valence electrons. The zero-order valence-corrected chi connectivity index (χ0v) is 10.3. The van der Waals surface area contributed by atoms with Crippen molar-refractivity contribution >= 4 is 5.91 Å². The average Bonchev–Trinajstić information content (AvgIpc) is 3.19. The Bertz CT molecular complexity index is 526. The smallest absolute Gasteiger partial charge is 0.240 e. The van der Waals surface area contributed by atoms with Crippen LogP contribution in [-0.4, -0.2) is 11.9 Å². The third-order valence-corrected chi connectivity index (χ3v) is 4.08. The van der Waals surface area contributed by atoms with Gasteiger partial charge in [-0.2, -0.15) is 5.26 Å². The van der Waals surface area contributed by atoms with Crippen molar-refractivity contribution in [3.8, 4) is 6.07 Å². The molecule has 0 saturated heterocycles. The summed E-state index contributed by atoms with van der Waals surface area (Å²) < 4.78 is 0. The summed E-state index contributed by atoms with van der Waals surface area (Å²) in [6.07, 6.45) is 4.33. The highest BCUT2D eigenvalue weighted by Gasteiger charge is 2.51. The Hall–Kier alpha value is -1.82. The van der Waals surface area contributed by atoms with Crippen LogP contribution in [0.25, 0.3) is 0 Å². The summed E-state index contributed by atoms with van der Waals surface area (Å²) in [5.74, 6) is -0.0608. The molecule has 0 heterocycles. The number of amides is 1. The Morgan fingerprint density at radius 3 is 2.72 bits per heavy atom. The number of fused-ring (bicyclic) bond motifs is 1. The molecule has 1 unspecified atom stereocenters. The fraction of sp³-hybridized carbons (Fsp3) is 0.467. The van der Waals surface area contributed by atoms with Gasteiger partial charge >= 0.3 is 0 Å². The second-order valence-corrected chi connectivity index (χ2v) is 5.38. The normalized spacial score (nSPS) is 23.6. The third kappa shape index (κ3) is 1.88. The van der Waals surface area contributed by atoms with Crippen molar-refractivity contribution < 1.29 is 4.79 Å². The maximum atomic E-state index is 12.0. The summed E-state index contributed by atoms with van der Waals surface area (Å²) in [5.41, 5.74) is 2.03. The Kier molecular flexibility index (Phi) is 2.59. The lowest BCUT2D eigenvalue weighted by molar-refractivity contribution is -0.125. The molecule has 0 bridgehead atoms. The van der Waals surface area contributed by atoms with E-state index in [2.05, 4.69) is 29.6 Å². The van der Waals surface area contributed by atoms with E-state index < -0.39 is 5.41 Å². The molecule has 18 heavy (non-hydrogen) atoms. The van der Waals surface area contributed by atoms with Crippen LogP contribution in [0.3, 0.4) is 0 Å². The second-order valence-electron chi connectivity index (χ2n) is 5.38. The molecule has 0 spiro atoms. The van der Waals surface area contributed by atoms with Gasteiger partial charge in [-0.05, 0) is 43.2 Å². The number of hydrogen-bond acceptors (Lipinski definition) is 2. The van der Waals surface area contributed by atoms with Crippen molar-refractivity contribution in [2.24, 2.45) is 5.41 Å². The number of aryl methyl sites for hydroxylation is 1. The third-order valence-electron chi connectivity index (χ3n) is 4.08. The van der Waals surface area contributed by atoms with Gasteiger partial charge in [0, 0.05) is 6.04 Å². The molecule has 1 aromatic carbocycles. The molecule has 1 fully saturated rings.